The van der Waals surface area contributed by atoms with Crippen LogP contribution in [0.4, 0.5) is 0 Å². The lowest BCUT2D eigenvalue weighted by Crippen LogP contribution is -2.07. The second kappa shape index (κ2) is 3.86. The molecule has 2 rings (SSSR count). The van der Waals surface area contributed by atoms with Crippen LogP contribution in [0.15, 0.2) is 12.2 Å². The zero-order valence-electron chi connectivity index (χ0n) is 9.00. The van der Waals surface area contributed by atoms with Crippen LogP contribution in [0.1, 0.15) is 46.0 Å². The third-order valence-electron chi connectivity index (χ3n) is 3.78. The number of rotatable bonds is 3. The highest BCUT2D eigenvalue weighted by molar-refractivity contribution is 5.00. The molecule has 0 radical (unpaired) electrons. The quantitative estimate of drug-likeness (QED) is 0.572. The smallest absolute Gasteiger partial charge is 0.0202 e. The second-order valence-electron chi connectivity index (χ2n) is 5.40. The summed E-state index contributed by atoms with van der Waals surface area (Å²) >= 11 is 0. The molecule has 0 aromatic rings. The summed E-state index contributed by atoms with van der Waals surface area (Å²) in [5, 5.41) is 0. The molecule has 0 N–H and O–H groups in total. The fourth-order valence-electron chi connectivity index (χ4n) is 3.06. The monoisotopic (exact) mass is 178 g/mol. The van der Waals surface area contributed by atoms with E-state index in [2.05, 4.69) is 26.0 Å². The molecule has 0 aromatic heterocycles. The molecule has 0 aromatic carbocycles. The summed E-state index contributed by atoms with van der Waals surface area (Å²) in [5.74, 6) is 3.94. The lowest BCUT2D eigenvalue weighted by molar-refractivity contribution is 0.393. The van der Waals surface area contributed by atoms with Crippen molar-refractivity contribution in [2.24, 2.45) is 23.7 Å². The van der Waals surface area contributed by atoms with Crippen molar-refractivity contribution in [3.63, 3.8) is 0 Å². The van der Waals surface area contributed by atoms with Gasteiger partial charge in [0.25, 0.3) is 0 Å². The van der Waals surface area contributed by atoms with Gasteiger partial charge in [0.2, 0.25) is 0 Å². The van der Waals surface area contributed by atoms with E-state index >= 15 is 0 Å². The molecule has 2 aliphatic rings. The molecule has 0 heteroatoms. The lowest BCUT2D eigenvalue weighted by Gasteiger charge is -2.17. The van der Waals surface area contributed by atoms with E-state index in [4.69, 9.17) is 0 Å². The molecule has 3 atom stereocenters. The van der Waals surface area contributed by atoms with Crippen LogP contribution in [0.5, 0.6) is 0 Å². The maximum atomic E-state index is 2.52. The van der Waals surface area contributed by atoms with Crippen molar-refractivity contribution in [3.05, 3.63) is 12.2 Å². The Hall–Kier alpha value is -0.260. The third-order valence-corrected chi connectivity index (χ3v) is 3.78. The van der Waals surface area contributed by atoms with Crippen molar-refractivity contribution >= 4 is 0 Å². The highest BCUT2D eigenvalue weighted by atomic mass is 14.4. The molecular formula is C13H22. The summed E-state index contributed by atoms with van der Waals surface area (Å²) in [6.07, 6.45) is 12.3. The van der Waals surface area contributed by atoms with E-state index in [9.17, 15) is 0 Å². The van der Waals surface area contributed by atoms with Gasteiger partial charge in [-0.1, -0.05) is 32.4 Å². The van der Waals surface area contributed by atoms with Gasteiger partial charge in [0, 0.05) is 0 Å². The Balaban J connectivity index is 1.79. The van der Waals surface area contributed by atoms with Gasteiger partial charge in [-0.2, -0.15) is 0 Å². The molecule has 0 heterocycles. The standard InChI is InChI=1S/C13H22/c1-10(2)4-3-5-12-8-11-6-7-13(12)9-11/h3,5,10-13H,4,6-9H2,1-2H3. The number of fused-ring (bicyclic) bond motifs is 2. The van der Waals surface area contributed by atoms with Crippen molar-refractivity contribution in [2.45, 2.75) is 46.0 Å². The molecule has 0 nitrogen and oxygen atoms in total. The zero-order valence-corrected chi connectivity index (χ0v) is 9.00. The Bertz CT molecular complexity index is 190. The van der Waals surface area contributed by atoms with E-state index in [0.29, 0.717) is 0 Å². The van der Waals surface area contributed by atoms with Gasteiger partial charge in [0.15, 0.2) is 0 Å². The van der Waals surface area contributed by atoms with Gasteiger partial charge >= 0.3 is 0 Å². The van der Waals surface area contributed by atoms with Crippen LogP contribution in [0.25, 0.3) is 0 Å². The van der Waals surface area contributed by atoms with Gasteiger partial charge in [0.1, 0.15) is 0 Å². The Labute approximate surface area is 82.4 Å². The first-order valence-corrected chi connectivity index (χ1v) is 5.92. The first-order chi connectivity index (χ1) is 6.25. The molecule has 2 fully saturated rings. The highest BCUT2D eigenvalue weighted by Crippen LogP contribution is 2.48. The van der Waals surface area contributed by atoms with Gasteiger partial charge in [-0.05, 0) is 49.4 Å². The summed E-state index contributed by atoms with van der Waals surface area (Å²) < 4.78 is 0. The summed E-state index contributed by atoms with van der Waals surface area (Å²) in [5.41, 5.74) is 0. The first-order valence-electron chi connectivity index (χ1n) is 5.92. The fraction of sp³-hybridized carbons (Fsp3) is 0.846. The third kappa shape index (κ3) is 2.15. The van der Waals surface area contributed by atoms with Crippen LogP contribution in [0.2, 0.25) is 0 Å². The van der Waals surface area contributed by atoms with Crippen molar-refractivity contribution in [3.8, 4) is 0 Å². The maximum absolute atomic E-state index is 2.52. The SMILES string of the molecule is CC(C)CC=CC1CC2CCC1C2. The Morgan fingerprint density at radius 3 is 2.62 bits per heavy atom. The average molecular weight is 178 g/mol. The molecule has 0 amide bonds. The summed E-state index contributed by atoms with van der Waals surface area (Å²) in [6.45, 7) is 4.59. The molecule has 2 bridgehead atoms. The number of hydrogen-bond donors (Lipinski definition) is 0. The predicted octanol–water partition coefficient (Wildman–Crippen LogP) is 4.02. The molecule has 2 aliphatic carbocycles. The van der Waals surface area contributed by atoms with Gasteiger partial charge in [-0.3, -0.25) is 0 Å². The molecule has 13 heavy (non-hydrogen) atoms. The van der Waals surface area contributed by atoms with Gasteiger partial charge in [-0.15, -0.1) is 0 Å². The molecule has 0 aliphatic heterocycles. The normalized spacial score (nSPS) is 38.2. The van der Waals surface area contributed by atoms with Gasteiger partial charge in [0.05, 0.1) is 0 Å². The maximum Gasteiger partial charge on any atom is -0.0202 e. The van der Waals surface area contributed by atoms with Crippen LogP contribution in [0.3, 0.4) is 0 Å². The van der Waals surface area contributed by atoms with E-state index in [1.807, 2.05) is 0 Å². The highest BCUT2D eigenvalue weighted by Gasteiger charge is 2.37. The number of allylic oxidation sites excluding steroid dienone is 2. The van der Waals surface area contributed by atoms with Crippen molar-refractivity contribution in [1.29, 1.82) is 0 Å². The van der Waals surface area contributed by atoms with E-state index < -0.39 is 0 Å². The van der Waals surface area contributed by atoms with Crippen LogP contribution in [-0.2, 0) is 0 Å². The molecule has 3 unspecified atom stereocenters. The van der Waals surface area contributed by atoms with Gasteiger partial charge < -0.3 is 0 Å². The predicted molar refractivity (Wildman–Crippen MR) is 57.5 cm³/mol. The fourth-order valence-corrected chi connectivity index (χ4v) is 3.06. The Morgan fingerprint density at radius 1 is 1.23 bits per heavy atom. The minimum absolute atomic E-state index is 0.829. The average Bonchev–Trinajstić information content (AvgIpc) is 2.64. The van der Waals surface area contributed by atoms with Crippen molar-refractivity contribution in [2.75, 3.05) is 0 Å². The molecule has 0 spiro atoms. The molecule has 74 valence electrons. The van der Waals surface area contributed by atoms with Crippen LogP contribution >= 0.6 is 0 Å². The lowest BCUT2D eigenvalue weighted by atomic mass is 9.88. The van der Waals surface area contributed by atoms with Crippen LogP contribution in [0, 0.1) is 23.7 Å². The van der Waals surface area contributed by atoms with Crippen molar-refractivity contribution in [1.82, 2.24) is 0 Å². The Kier molecular flexibility index (Phi) is 2.76. The largest absolute Gasteiger partial charge is 0.0880 e. The minimum atomic E-state index is 0.829. The summed E-state index contributed by atoms with van der Waals surface area (Å²) in [7, 11) is 0. The van der Waals surface area contributed by atoms with Crippen LogP contribution < -0.4 is 0 Å². The van der Waals surface area contributed by atoms with E-state index in [1.165, 1.54) is 32.1 Å². The topological polar surface area (TPSA) is 0 Å². The van der Waals surface area contributed by atoms with Crippen LogP contribution in [-0.4, -0.2) is 0 Å². The molecule has 2 saturated carbocycles. The van der Waals surface area contributed by atoms with Crippen molar-refractivity contribution < 1.29 is 0 Å². The minimum Gasteiger partial charge on any atom is -0.0880 e. The number of hydrogen-bond acceptors (Lipinski definition) is 0. The molecule has 0 saturated heterocycles. The van der Waals surface area contributed by atoms with E-state index in [1.54, 1.807) is 0 Å². The van der Waals surface area contributed by atoms with Gasteiger partial charge in [-0.25, -0.2) is 0 Å². The van der Waals surface area contributed by atoms with E-state index in [0.717, 1.165) is 23.7 Å². The first kappa shape index (κ1) is 9.30. The summed E-state index contributed by atoms with van der Waals surface area (Å²) in [6, 6.07) is 0. The molecular weight excluding hydrogens is 156 g/mol. The zero-order chi connectivity index (χ0) is 9.26. The second-order valence-corrected chi connectivity index (χ2v) is 5.40. The Morgan fingerprint density at radius 2 is 2.08 bits per heavy atom. The summed E-state index contributed by atoms with van der Waals surface area (Å²) in [4.78, 5) is 0. The van der Waals surface area contributed by atoms with E-state index in [-0.39, 0.29) is 0 Å².